The number of halogens is 5. The second-order valence-electron chi connectivity index (χ2n) is 12.7. The molecule has 3 aliphatic heterocycles. The van der Waals surface area contributed by atoms with Crippen molar-refractivity contribution in [3.63, 3.8) is 0 Å². The van der Waals surface area contributed by atoms with Crippen molar-refractivity contribution in [1.29, 1.82) is 0 Å². The van der Waals surface area contributed by atoms with Crippen molar-refractivity contribution in [3.8, 4) is 17.1 Å². The third-order valence-electron chi connectivity index (χ3n) is 9.73. The van der Waals surface area contributed by atoms with Gasteiger partial charge in [0, 0.05) is 42.4 Å². The summed E-state index contributed by atoms with van der Waals surface area (Å²) in [6.45, 7) is 11.8. The average molecular weight is 679 g/mol. The topological polar surface area (TPSA) is 66.2 Å². The van der Waals surface area contributed by atoms with Gasteiger partial charge in [0.15, 0.2) is 5.82 Å². The van der Waals surface area contributed by atoms with E-state index in [0.29, 0.717) is 18.4 Å². The van der Waals surface area contributed by atoms with E-state index in [0.717, 1.165) is 6.42 Å². The molecule has 7 rings (SSSR count). The number of fused-ring (bicyclic) bond motifs is 3. The van der Waals surface area contributed by atoms with Crippen LogP contribution < -0.4 is 9.64 Å². The molecule has 0 unspecified atom stereocenters. The van der Waals surface area contributed by atoms with Gasteiger partial charge >= 0.3 is 6.01 Å². The fourth-order valence-corrected chi connectivity index (χ4v) is 7.90. The summed E-state index contributed by atoms with van der Waals surface area (Å²) in [4.78, 5) is 30.3. The Bertz CT molecular complexity index is 2000. The van der Waals surface area contributed by atoms with Crippen LogP contribution in [0.25, 0.3) is 37.6 Å². The zero-order chi connectivity index (χ0) is 33.8. The lowest BCUT2D eigenvalue weighted by atomic mass is 9.94. The number of aromatic nitrogens is 2. The summed E-state index contributed by atoms with van der Waals surface area (Å²) < 4.78 is 67.2. The Hall–Kier alpha value is -4.47. The molecule has 3 fully saturated rings. The molecule has 13 heteroatoms. The molecule has 48 heavy (non-hydrogen) atoms. The smallest absolute Gasteiger partial charge is 0.319 e. The highest BCUT2D eigenvalue weighted by molar-refractivity contribution is 6.35. The Balaban J connectivity index is 1.36. The normalized spacial score (nSPS) is 22.2. The first kappa shape index (κ1) is 32.1. The van der Waals surface area contributed by atoms with Gasteiger partial charge in [0.25, 0.3) is 5.92 Å². The van der Waals surface area contributed by atoms with Gasteiger partial charge < -0.3 is 19.4 Å². The second kappa shape index (κ2) is 12.2. The SMILES string of the molecule is [C-]#[N+]C[C@H]1CN(c2nc(OC[C@@]34CCCN3CC(F)(F)C4)nc3c(F)c(-c4cccc5cccc(F)c45)c(Cl)cc23)CCN1C(=O)C=C. The predicted octanol–water partition coefficient (Wildman–Crippen LogP) is 6.76. The van der Waals surface area contributed by atoms with Crippen LogP contribution >= 0.6 is 11.6 Å². The number of anilines is 1. The maximum Gasteiger partial charge on any atom is 0.319 e. The van der Waals surface area contributed by atoms with Crippen LogP contribution in [0.15, 0.2) is 55.1 Å². The summed E-state index contributed by atoms with van der Waals surface area (Å²) in [5.74, 6) is -4.28. The van der Waals surface area contributed by atoms with Gasteiger partial charge in [-0.2, -0.15) is 9.97 Å². The van der Waals surface area contributed by atoms with Crippen molar-refractivity contribution in [2.45, 2.75) is 36.8 Å². The molecule has 4 heterocycles. The van der Waals surface area contributed by atoms with Crippen molar-refractivity contribution in [2.75, 3.05) is 50.8 Å². The number of nitrogens with zero attached hydrogens (tertiary/aromatic N) is 6. The number of ether oxygens (including phenoxy) is 1. The lowest BCUT2D eigenvalue weighted by Crippen LogP contribution is -2.56. The summed E-state index contributed by atoms with van der Waals surface area (Å²) in [6.07, 6.45) is 2.10. The van der Waals surface area contributed by atoms with E-state index in [4.69, 9.17) is 22.9 Å². The summed E-state index contributed by atoms with van der Waals surface area (Å²) in [5.41, 5.74) is -0.867. The van der Waals surface area contributed by atoms with Crippen LogP contribution in [0.3, 0.4) is 0 Å². The zero-order valence-corrected chi connectivity index (χ0v) is 26.6. The highest BCUT2D eigenvalue weighted by Gasteiger charge is 2.57. The number of alkyl halides is 2. The van der Waals surface area contributed by atoms with Crippen LogP contribution in [0.4, 0.5) is 23.4 Å². The fraction of sp³-hybridized carbons (Fsp3) is 0.371. The number of carbonyl (C=O) groups is 1. The van der Waals surface area contributed by atoms with Crippen LogP contribution in [-0.2, 0) is 4.79 Å². The molecular weight excluding hydrogens is 648 g/mol. The molecule has 0 radical (unpaired) electrons. The van der Waals surface area contributed by atoms with Gasteiger partial charge in [-0.05, 0) is 48.5 Å². The van der Waals surface area contributed by atoms with E-state index in [9.17, 15) is 13.6 Å². The molecule has 1 amide bonds. The molecule has 1 aromatic heterocycles. The fourth-order valence-electron chi connectivity index (χ4n) is 7.60. The van der Waals surface area contributed by atoms with Crippen molar-refractivity contribution < 1.29 is 27.1 Å². The maximum atomic E-state index is 16.9. The van der Waals surface area contributed by atoms with E-state index >= 15 is 8.78 Å². The van der Waals surface area contributed by atoms with Gasteiger partial charge in [0.05, 0.1) is 17.1 Å². The van der Waals surface area contributed by atoms with Crippen molar-refractivity contribution >= 4 is 45.0 Å². The van der Waals surface area contributed by atoms with Crippen LogP contribution in [0.2, 0.25) is 5.02 Å². The number of hydrogen-bond donors (Lipinski definition) is 0. The Morgan fingerprint density at radius 3 is 2.73 bits per heavy atom. The number of carbonyl (C=O) groups excluding carboxylic acids is 1. The van der Waals surface area contributed by atoms with Gasteiger partial charge in [-0.15, -0.1) is 0 Å². The number of piperazine rings is 1. The third-order valence-corrected chi connectivity index (χ3v) is 10.0. The lowest BCUT2D eigenvalue weighted by Gasteiger charge is -2.39. The summed E-state index contributed by atoms with van der Waals surface area (Å²) in [6, 6.07) is 10.4. The first-order valence-corrected chi connectivity index (χ1v) is 16.1. The Morgan fingerprint density at radius 1 is 1.17 bits per heavy atom. The van der Waals surface area contributed by atoms with Crippen LogP contribution in [-0.4, -0.2) is 89.1 Å². The maximum absolute atomic E-state index is 16.9. The Morgan fingerprint density at radius 2 is 1.96 bits per heavy atom. The molecule has 0 saturated carbocycles. The van der Waals surface area contributed by atoms with Crippen molar-refractivity contribution in [2.24, 2.45) is 0 Å². The second-order valence-corrected chi connectivity index (χ2v) is 13.1. The minimum atomic E-state index is -2.86. The number of hydrogen-bond acceptors (Lipinski definition) is 6. The molecule has 0 bridgehead atoms. The minimum absolute atomic E-state index is 0.00104. The van der Waals surface area contributed by atoms with Crippen LogP contribution in [0.5, 0.6) is 6.01 Å². The van der Waals surface area contributed by atoms with Crippen LogP contribution in [0.1, 0.15) is 19.3 Å². The molecule has 248 valence electrons. The van der Waals surface area contributed by atoms with Gasteiger partial charge in [0.1, 0.15) is 29.8 Å². The molecule has 8 nitrogen and oxygen atoms in total. The standard InChI is InChI=1S/C35H31ClF4N6O2/c1-3-27(47)46-14-13-44(17-22(46)16-41-2)32-24-15-25(36)29(23-9-4-7-21-8-5-10-26(37)28(21)23)30(38)31(24)42-33(43-32)48-20-34-11-6-12-45(34)19-35(39,40)18-34/h3-5,7-10,15,22H,1,6,11-14,16-20H2/t22-,34-/m0/s1. The summed E-state index contributed by atoms with van der Waals surface area (Å²) >= 11 is 6.79. The highest BCUT2D eigenvalue weighted by atomic mass is 35.5. The molecule has 0 spiro atoms. The first-order chi connectivity index (χ1) is 23.0. The summed E-state index contributed by atoms with van der Waals surface area (Å²) in [5, 5.41) is 0.994. The predicted molar refractivity (Wildman–Crippen MR) is 175 cm³/mol. The van der Waals surface area contributed by atoms with Crippen molar-refractivity contribution in [3.05, 3.63) is 83.2 Å². The first-order valence-electron chi connectivity index (χ1n) is 15.7. The van der Waals surface area contributed by atoms with E-state index in [1.165, 1.54) is 18.2 Å². The quantitative estimate of drug-likeness (QED) is 0.122. The minimum Gasteiger partial charge on any atom is -0.461 e. The largest absolute Gasteiger partial charge is 0.461 e. The lowest BCUT2D eigenvalue weighted by molar-refractivity contribution is -0.128. The number of amides is 1. The van der Waals surface area contributed by atoms with E-state index in [-0.39, 0.29) is 95.9 Å². The molecule has 2 atom stereocenters. The molecule has 0 N–H and O–H groups in total. The molecule has 3 aliphatic rings. The van der Waals surface area contributed by atoms with Gasteiger partial charge in [0.2, 0.25) is 12.5 Å². The van der Waals surface area contributed by atoms with E-state index < -0.39 is 29.1 Å². The molecular formula is C35H31ClF4N6O2. The molecule has 3 aromatic carbocycles. The van der Waals surface area contributed by atoms with Crippen LogP contribution in [0, 0.1) is 18.2 Å². The Labute approximate surface area is 279 Å². The number of rotatable bonds is 7. The van der Waals surface area contributed by atoms with Gasteiger partial charge in [-0.25, -0.2) is 24.1 Å². The Kier molecular flexibility index (Phi) is 8.16. The molecule has 0 aliphatic carbocycles. The van der Waals surface area contributed by atoms with E-state index in [1.54, 1.807) is 40.1 Å². The number of benzene rings is 3. The van der Waals surface area contributed by atoms with E-state index in [2.05, 4.69) is 21.4 Å². The zero-order valence-electron chi connectivity index (χ0n) is 25.9. The average Bonchev–Trinajstić information content (AvgIpc) is 3.55. The monoisotopic (exact) mass is 678 g/mol. The molecule has 4 aromatic rings. The van der Waals surface area contributed by atoms with Crippen molar-refractivity contribution in [1.82, 2.24) is 19.8 Å². The third kappa shape index (κ3) is 5.48. The highest BCUT2D eigenvalue weighted by Crippen LogP contribution is 2.46. The van der Waals surface area contributed by atoms with Gasteiger partial charge in [-0.1, -0.05) is 48.5 Å². The molecule has 3 saturated heterocycles. The van der Waals surface area contributed by atoms with E-state index in [1.807, 2.05) is 4.90 Å². The summed E-state index contributed by atoms with van der Waals surface area (Å²) in [7, 11) is 0. The van der Waals surface area contributed by atoms with Gasteiger partial charge in [-0.3, -0.25) is 9.69 Å².